The van der Waals surface area contributed by atoms with Crippen molar-refractivity contribution in [1.82, 2.24) is 9.88 Å². The van der Waals surface area contributed by atoms with E-state index >= 15 is 0 Å². The lowest BCUT2D eigenvalue weighted by Crippen LogP contribution is -2.37. The van der Waals surface area contributed by atoms with Crippen molar-refractivity contribution in [3.8, 4) is 23.0 Å². The van der Waals surface area contributed by atoms with Crippen LogP contribution in [0.25, 0.3) is 10.9 Å². The second-order valence-corrected chi connectivity index (χ2v) is 11.5. The number of morpholine rings is 1. The molecule has 1 saturated carbocycles. The van der Waals surface area contributed by atoms with Crippen LogP contribution in [0, 0.1) is 17.0 Å². The first-order valence-corrected chi connectivity index (χ1v) is 15.4. The van der Waals surface area contributed by atoms with Crippen molar-refractivity contribution >= 4 is 34.6 Å². The maximum absolute atomic E-state index is 14.9. The number of hydrogen-bond donors (Lipinski definition) is 2. The quantitative estimate of drug-likeness (QED) is 0.134. The molecule has 0 bridgehead atoms. The van der Waals surface area contributed by atoms with Gasteiger partial charge in [-0.05, 0) is 67.8 Å². The molecule has 2 amide bonds. The second-order valence-electron chi connectivity index (χ2n) is 11.5. The fourth-order valence-electron chi connectivity index (χ4n) is 4.88. The Bertz CT molecular complexity index is 1680. The summed E-state index contributed by atoms with van der Waals surface area (Å²) in [5.41, 5.74) is 1.29. The van der Waals surface area contributed by atoms with E-state index in [0.29, 0.717) is 52.5 Å². The number of rotatable bonds is 12. The number of nitrogens with one attached hydrogen (secondary N) is 2. The summed E-state index contributed by atoms with van der Waals surface area (Å²) in [7, 11) is 1.58. The van der Waals surface area contributed by atoms with Crippen LogP contribution in [-0.4, -0.2) is 68.8 Å². The lowest BCUT2D eigenvalue weighted by Gasteiger charge is -2.26. The molecule has 3 aromatic carbocycles. The van der Waals surface area contributed by atoms with Gasteiger partial charge < -0.3 is 29.6 Å². The summed E-state index contributed by atoms with van der Waals surface area (Å²) in [5, 5.41) is 5.85. The minimum absolute atomic E-state index is 0.0481. The number of anilines is 2. The first kappa shape index (κ1) is 33.6. The van der Waals surface area contributed by atoms with E-state index in [9.17, 15) is 18.4 Å². The minimum Gasteiger partial charge on any atom is -0.493 e. The number of ether oxygens (including phenoxy) is 4. The van der Waals surface area contributed by atoms with Crippen LogP contribution in [0.3, 0.4) is 0 Å². The summed E-state index contributed by atoms with van der Waals surface area (Å²) in [4.78, 5) is 28.9. The number of benzene rings is 3. The van der Waals surface area contributed by atoms with Gasteiger partial charge in [-0.25, -0.2) is 8.78 Å². The van der Waals surface area contributed by atoms with Gasteiger partial charge in [-0.15, -0.1) is 0 Å². The molecule has 0 atom stereocenters. The summed E-state index contributed by atoms with van der Waals surface area (Å²) in [6.45, 7) is 6.78. The fraction of sp³-hybridized carbons (Fsp3) is 0.343. The molecule has 6 rings (SSSR count). The molecule has 1 saturated heterocycles. The van der Waals surface area contributed by atoms with E-state index in [-0.39, 0.29) is 22.9 Å². The van der Waals surface area contributed by atoms with E-state index in [0.717, 1.165) is 52.1 Å². The van der Waals surface area contributed by atoms with Gasteiger partial charge in [0.15, 0.2) is 23.1 Å². The van der Waals surface area contributed by atoms with Crippen LogP contribution in [0.2, 0.25) is 0 Å². The third-order valence-electron chi connectivity index (χ3n) is 7.99. The third kappa shape index (κ3) is 9.14. The topological polar surface area (TPSA) is 111 Å². The molecule has 2 aliphatic rings. The van der Waals surface area contributed by atoms with Gasteiger partial charge in [0, 0.05) is 60.1 Å². The summed E-state index contributed by atoms with van der Waals surface area (Å²) in [6, 6.07) is 15.2. The van der Waals surface area contributed by atoms with Crippen LogP contribution >= 0.6 is 0 Å². The zero-order valence-corrected chi connectivity index (χ0v) is 26.4. The molecule has 10 nitrogen and oxygen atoms in total. The average Bonchev–Trinajstić information content (AvgIpc) is 3.84. The molecule has 12 heteroatoms. The Labute approximate surface area is 272 Å². The molecule has 1 aromatic heterocycles. The van der Waals surface area contributed by atoms with E-state index in [4.69, 9.17) is 18.9 Å². The number of carbonyl (C=O) groups is 2. The van der Waals surface area contributed by atoms with Crippen molar-refractivity contribution in [2.75, 3.05) is 57.2 Å². The molecule has 0 unspecified atom stereocenters. The maximum atomic E-state index is 14.9. The van der Waals surface area contributed by atoms with Crippen molar-refractivity contribution in [3.05, 3.63) is 78.5 Å². The summed E-state index contributed by atoms with van der Waals surface area (Å²) < 4.78 is 50.1. The molecule has 248 valence electrons. The van der Waals surface area contributed by atoms with Crippen LogP contribution in [0.4, 0.5) is 20.2 Å². The molecule has 4 aromatic rings. The first-order valence-electron chi connectivity index (χ1n) is 15.4. The van der Waals surface area contributed by atoms with Gasteiger partial charge in [-0.2, -0.15) is 0 Å². The molecular weight excluding hydrogens is 610 g/mol. The summed E-state index contributed by atoms with van der Waals surface area (Å²) >= 11 is 0. The number of methoxy groups -OCH3 is 1. The molecule has 2 N–H and O–H groups in total. The third-order valence-corrected chi connectivity index (χ3v) is 7.99. The standard InChI is InChI=1S/C28H32FN3O5.C7H6FNO/c1-28(7-8-28)27(33)31-19-4-5-24(21(29)16-19)37-23-6-9-30-22-18-25(34-2)26(17-20(22)23)36-13-3-10-32-11-14-35-15-12-32;8-6-1-3-7(4-2-6)9-5-10/h4-6,9,16-18H,3,7-8,10-15H2,1-2H3,(H,31,33);1-5H,(H,9,10). The Morgan fingerprint density at radius 1 is 0.979 bits per heavy atom. The monoisotopic (exact) mass is 648 g/mol. The molecule has 1 aliphatic carbocycles. The van der Waals surface area contributed by atoms with Gasteiger partial charge in [0.1, 0.15) is 11.6 Å². The molecule has 1 aliphatic heterocycles. The Hall–Kier alpha value is -4.81. The van der Waals surface area contributed by atoms with Crippen LogP contribution in [0.15, 0.2) is 66.9 Å². The number of aromatic nitrogens is 1. The summed E-state index contributed by atoms with van der Waals surface area (Å²) in [6.07, 6.45) is 4.71. The lowest BCUT2D eigenvalue weighted by atomic mass is 10.1. The van der Waals surface area contributed by atoms with E-state index < -0.39 is 5.82 Å². The number of carbonyl (C=O) groups excluding carboxylic acids is 2. The SMILES string of the molecule is COc1cc2nccc(Oc3ccc(NC(=O)C4(C)CC4)cc3F)c2cc1OCCCN1CCOCC1.O=CNc1ccc(F)cc1. The highest BCUT2D eigenvalue weighted by atomic mass is 19.1. The van der Waals surface area contributed by atoms with Gasteiger partial charge in [-0.3, -0.25) is 19.5 Å². The van der Waals surface area contributed by atoms with Crippen LogP contribution in [0.5, 0.6) is 23.0 Å². The first-order chi connectivity index (χ1) is 22.8. The molecule has 0 radical (unpaired) electrons. The molecular formula is C35H38F2N4O6. The Morgan fingerprint density at radius 3 is 2.40 bits per heavy atom. The molecule has 2 fully saturated rings. The number of halogens is 2. The highest BCUT2D eigenvalue weighted by molar-refractivity contribution is 5.97. The van der Waals surface area contributed by atoms with Crippen molar-refractivity contribution in [3.63, 3.8) is 0 Å². The van der Waals surface area contributed by atoms with E-state index in [1.54, 1.807) is 31.5 Å². The predicted octanol–water partition coefficient (Wildman–Crippen LogP) is 6.41. The number of pyridine rings is 1. The smallest absolute Gasteiger partial charge is 0.230 e. The van der Waals surface area contributed by atoms with Crippen LogP contribution in [0.1, 0.15) is 26.2 Å². The van der Waals surface area contributed by atoms with Crippen molar-refractivity contribution in [1.29, 1.82) is 0 Å². The highest BCUT2D eigenvalue weighted by Crippen LogP contribution is 2.46. The minimum atomic E-state index is -0.572. The fourth-order valence-corrected chi connectivity index (χ4v) is 4.88. The number of hydrogen-bond acceptors (Lipinski definition) is 8. The average molecular weight is 649 g/mol. The maximum Gasteiger partial charge on any atom is 0.230 e. The van der Waals surface area contributed by atoms with E-state index in [1.807, 2.05) is 13.0 Å². The Balaban J connectivity index is 0.000000371. The normalized spacial score (nSPS) is 15.1. The van der Waals surface area contributed by atoms with Gasteiger partial charge in [0.2, 0.25) is 12.3 Å². The number of amides is 2. The number of nitrogens with zero attached hydrogens (tertiary/aromatic N) is 2. The van der Waals surface area contributed by atoms with Crippen LogP contribution in [-0.2, 0) is 14.3 Å². The Morgan fingerprint density at radius 2 is 1.72 bits per heavy atom. The zero-order chi connectivity index (χ0) is 33.2. The molecule has 47 heavy (non-hydrogen) atoms. The van der Waals surface area contributed by atoms with E-state index in [2.05, 4.69) is 20.5 Å². The Kier molecular flexibility index (Phi) is 11.2. The van der Waals surface area contributed by atoms with Gasteiger partial charge >= 0.3 is 0 Å². The van der Waals surface area contributed by atoms with Gasteiger partial charge in [0.25, 0.3) is 0 Å². The molecule has 0 spiro atoms. The molecule has 2 heterocycles. The van der Waals surface area contributed by atoms with E-state index in [1.165, 1.54) is 36.4 Å². The van der Waals surface area contributed by atoms with Crippen molar-refractivity contribution in [2.45, 2.75) is 26.2 Å². The lowest BCUT2D eigenvalue weighted by molar-refractivity contribution is -0.120. The zero-order valence-electron chi connectivity index (χ0n) is 26.4. The van der Waals surface area contributed by atoms with Crippen LogP contribution < -0.4 is 24.8 Å². The predicted molar refractivity (Wildman–Crippen MR) is 174 cm³/mol. The summed E-state index contributed by atoms with van der Waals surface area (Å²) in [5.74, 6) is 0.653. The highest BCUT2D eigenvalue weighted by Gasteiger charge is 2.44. The van der Waals surface area contributed by atoms with Crippen molar-refractivity contribution < 1.29 is 37.3 Å². The van der Waals surface area contributed by atoms with Crippen molar-refractivity contribution in [2.24, 2.45) is 5.41 Å². The number of fused-ring (bicyclic) bond motifs is 1. The largest absolute Gasteiger partial charge is 0.493 e. The second kappa shape index (κ2) is 15.7. The van der Waals surface area contributed by atoms with Gasteiger partial charge in [-0.1, -0.05) is 6.92 Å². The van der Waals surface area contributed by atoms with Gasteiger partial charge in [0.05, 0.1) is 32.4 Å².